The van der Waals surface area contributed by atoms with E-state index in [1.54, 1.807) is 6.92 Å². The highest BCUT2D eigenvalue weighted by Crippen LogP contribution is 2.19. The molecule has 0 aliphatic carbocycles. The van der Waals surface area contributed by atoms with Gasteiger partial charge in [0.15, 0.2) is 0 Å². The number of hydrogen-bond donors (Lipinski definition) is 1. The number of hydrogen-bond acceptors (Lipinski definition) is 3. The van der Waals surface area contributed by atoms with E-state index in [0.29, 0.717) is 18.7 Å². The molecule has 1 amide bonds. The Bertz CT molecular complexity index is 514. The summed E-state index contributed by atoms with van der Waals surface area (Å²) in [5.74, 6) is -0.938. The van der Waals surface area contributed by atoms with Crippen molar-refractivity contribution in [2.75, 3.05) is 13.1 Å². The zero-order valence-electron chi connectivity index (χ0n) is 10.6. The first-order valence-electron chi connectivity index (χ1n) is 5.95. The molecule has 1 aliphatic heterocycles. The Kier molecular flexibility index (Phi) is 3.85. The van der Waals surface area contributed by atoms with Crippen LogP contribution in [0.4, 0.5) is 4.79 Å². The smallest absolute Gasteiger partial charge is 0.410 e. The molecule has 0 unspecified atom stereocenters. The van der Waals surface area contributed by atoms with Gasteiger partial charge in [-0.2, -0.15) is 0 Å². The van der Waals surface area contributed by atoms with E-state index >= 15 is 0 Å². The second-order valence-electron chi connectivity index (χ2n) is 4.43. The number of carboxylic acid groups (broad SMARTS) is 1. The summed E-state index contributed by atoms with van der Waals surface area (Å²) < 4.78 is 5.14. The van der Waals surface area contributed by atoms with E-state index in [-0.39, 0.29) is 6.61 Å². The lowest BCUT2D eigenvalue weighted by Gasteiger charge is -2.33. The number of carboxylic acids is 1. The molecule has 5 heteroatoms. The highest BCUT2D eigenvalue weighted by Gasteiger charge is 2.29. The van der Waals surface area contributed by atoms with Gasteiger partial charge in [-0.1, -0.05) is 30.3 Å². The summed E-state index contributed by atoms with van der Waals surface area (Å²) in [4.78, 5) is 23.9. The summed E-state index contributed by atoms with van der Waals surface area (Å²) in [7, 11) is 0. The largest absolute Gasteiger partial charge is 0.478 e. The van der Waals surface area contributed by atoms with Crippen LogP contribution in [0.3, 0.4) is 0 Å². The van der Waals surface area contributed by atoms with Gasteiger partial charge in [-0.15, -0.1) is 0 Å². The van der Waals surface area contributed by atoms with Gasteiger partial charge >= 0.3 is 12.1 Å². The fourth-order valence-corrected chi connectivity index (χ4v) is 1.74. The van der Waals surface area contributed by atoms with Crippen LogP contribution in [0.15, 0.2) is 41.5 Å². The molecule has 1 aromatic rings. The fourth-order valence-electron chi connectivity index (χ4n) is 1.74. The number of amides is 1. The zero-order valence-corrected chi connectivity index (χ0v) is 10.6. The van der Waals surface area contributed by atoms with Crippen LogP contribution < -0.4 is 0 Å². The third kappa shape index (κ3) is 3.13. The van der Waals surface area contributed by atoms with Crippen LogP contribution in [0, 0.1) is 0 Å². The lowest BCUT2D eigenvalue weighted by molar-refractivity contribution is -0.132. The molecule has 0 bridgehead atoms. The Balaban J connectivity index is 1.81. The van der Waals surface area contributed by atoms with Crippen molar-refractivity contribution in [3.63, 3.8) is 0 Å². The second-order valence-corrected chi connectivity index (χ2v) is 4.43. The van der Waals surface area contributed by atoms with Gasteiger partial charge in [-0.25, -0.2) is 9.59 Å². The second kappa shape index (κ2) is 5.56. The molecule has 1 heterocycles. The molecule has 2 rings (SSSR count). The molecule has 1 saturated heterocycles. The Morgan fingerprint density at radius 2 is 1.89 bits per heavy atom. The minimum Gasteiger partial charge on any atom is -0.478 e. The van der Waals surface area contributed by atoms with Gasteiger partial charge in [0.25, 0.3) is 0 Å². The maximum absolute atomic E-state index is 11.7. The Hall–Kier alpha value is -2.30. The topological polar surface area (TPSA) is 66.8 Å². The molecule has 0 saturated carbocycles. The minimum absolute atomic E-state index is 0.229. The van der Waals surface area contributed by atoms with E-state index in [4.69, 9.17) is 9.84 Å². The molecule has 0 aromatic heterocycles. The molecule has 5 nitrogen and oxygen atoms in total. The first kappa shape index (κ1) is 13.1. The SMILES string of the molecule is CC(C(=O)O)=C1CN(C(=O)OCc2ccccc2)C1. The van der Waals surface area contributed by atoms with Crippen molar-refractivity contribution in [3.8, 4) is 0 Å². The number of likely N-dealkylation sites (tertiary alicyclic amines) is 1. The van der Waals surface area contributed by atoms with Crippen LogP contribution in [0.5, 0.6) is 0 Å². The maximum Gasteiger partial charge on any atom is 0.410 e. The predicted octanol–water partition coefficient (Wildman–Crippen LogP) is 2.04. The van der Waals surface area contributed by atoms with Crippen LogP contribution in [0.1, 0.15) is 12.5 Å². The van der Waals surface area contributed by atoms with Gasteiger partial charge in [0.2, 0.25) is 0 Å². The fraction of sp³-hybridized carbons (Fsp3) is 0.286. The Morgan fingerprint density at radius 3 is 2.47 bits per heavy atom. The summed E-state index contributed by atoms with van der Waals surface area (Å²) >= 11 is 0. The Morgan fingerprint density at radius 1 is 1.26 bits per heavy atom. The molecule has 1 aliphatic rings. The third-order valence-electron chi connectivity index (χ3n) is 3.08. The van der Waals surface area contributed by atoms with Crippen LogP contribution in [0.2, 0.25) is 0 Å². The summed E-state index contributed by atoms with van der Waals surface area (Å²) in [6.45, 7) is 2.45. The summed E-state index contributed by atoms with van der Waals surface area (Å²) in [6.07, 6.45) is -0.411. The number of rotatable bonds is 3. The van der Waals surface area contributed by atoms with Gasteiger partial charge in [0.1, 0.15) is 6.61 Å². The van der Waals surface area contributed by atoms with Crippen LogP contribution in [-0.4, -0.2) is 35.2 Å². The minimum atomic E-state index is -0.938. The summed E-state index contributed by atoms with van der Waals surface area (Å²) in [6, 6.07) is 9.41. The van der Waals surface area contributed by atoms with E-state index in [0.717, 1.165) is 11.1 Å². The van der Waals surface area contributed by atoms with E-state index in [9.17, 15) is 9.59 Å². The van der Waals surface area contributed by atoms with Crippen LogP contribution >= 0.6 is 0 Å². The molecule has 100 valence electrons. The van der Waals surface area contributed by atoms with Crippen LogP contribution in [-0.2, 0) is 16.1 Å². The lowest BCUT2D eigenvalue weighted by atomic mass is 10.0. The molecule has 0 atom stereocenters. The third-order valence-corrected chi connectivity index (χ3v) is 3.08. The summed E-state index contributed by atoms with van der Waals surface area (Å²) in [5.41, 5.74) is 2.00. The lowest BCUT2D eigenvalue weighted by Crippen LogP contribution is -2.45. The number of benzene rings is 1. The number of aliphatic carboxylic acids is 1. The predicted molar refractivity (Wildman–Crippen MR) is 68.5 cm³/mol. The normalized spacial score (nSPS) is 13.7. The highest BCUT2D eigenvalue weighted by molar-refractivity contribution is 5.88. The molecule has 0 radical (unpaired) electrons. The van der Waals surface area contributed by atoms with E-state index in [2.05, 4.69) is 0 Å². The molecule has 1 fully saturated rings. The standard InChI is InChI=1S/C14H15NO4/c1-10(13(16)17)12-7-15(8-12)14(18)19-9-11-5-3-2-4-6-11/h2-6H,7-9H2,1H3,(H,16,17). The zero-order chi connectivity index (χ0) is 13.8. The number of ether oxygens (including phenoxy) is 1. The molecule has 19 heavy (non-hydrogen) atoms. The van der Waals surface area contributed by atoms with E-state index in [1.807, 2.05) is 30.3 Å². The average molecular weight is 261 g/mol. The number of carbonyl (C=O) groups is 2. The van der Waals surface area contributed by atoms with Crippen molar-refractivity contribution in [3.05, 3.63) is 47.0 Å². The van der Waals surface area contributed by atoms with Crippen molar-refractivity contribution in [2.24, 2.45) is 0 Å². The van der Waals surface area contributed by atoms with Gasteiger partial charge in [0.05, 0.1) is 0 Å². The monoisotopic (exact) mass is 261 g/mol. The first-order chi connectivity index (χ1) is 9.08. The Labute approximate surface area is 111 Å². The van der Waals surface area contributed by atoms with Crippen molar-refractivity contribution in [1.82, 2.24) is 4.90 Å². The quantitative estimate of drug-likeness (QED) is 0.845. The molecular formula is C14H15NO4. The number of carbonyl (C=O) groups excluding carboxylic acids is 1. The van der Waals surface area contributed by atoms with Crippen LogP contribution in [0.25, 0.3) is 0 Å². The van der Waals surface area contributed by atoms with E-state index in [1.165, 1.54) is 4.90 Å². The molecule has 1 aromatic carbocycles. The number of nitrogens with zero attached hydrogens (tertiary/aromatic N) is 1. The van der Waals surface area contributed by atoms with Gasteiger partial charge in [-0.3, -0.25) is 0 Å². The van der Waals surface area contributed by atoms with Gasteiger partial charge in [-0.05, 0) is 18.1 Å². The first-order valence-corrected chi connectivity index (χ1v) is 5.95. The van der Waals surface area contributed by atoms with Crippen molar-refractivity contribution in [1.29, 1.82) is 0 Å². The highest BCUT2D eigenvalue weighted by atomic mass is 16.6. The summed E-state index contributed by atoms with van der Waals surface area (Å²) in [5, 5.41) is 8.80. The van der Waals surface area contributed by atoms with Crippen molar-refractivity contribution < 1.29 is 19.4 Å². The maximum atomic E-state index is 11.7. The average Bonchev–Trinajstić information content (AvgIpc) is 2.35. The molecule has 0 spiro atoms. The van der Waals surface area contributed by atoms with E-state index < -0.39 is 12.1 Å². The van der Waals surface area contributed by atoms with Gasteiger partial charge < -0.3 is 14.7 Å². The van der Waals surface area contributed by atoms with Crippen molar-refractivity contribution >= 4 is 12.1 Å². The van der Waals surface area contributed by atoms with Crippen molar-refractivity contribution in [2.45, 2.75) is 13.5 Å². The molecule has 1 N–H and O–H groups in total. The molecular weight excluding hydrogens is 246 g/mol. The van der Waals surface area contributed by atoms with Gasteiger partial charge in [0, 0.05) is 18.7 Å².